The smallest absolute Gasteiger partial charge is 0.253 e. The zero-order valence-electron chi connectivity index (χ0n) is 7.69. The van der Waals surface area contributed by atoms with Gasteiger partial charge in [-0.1, -0.05) is 6.92 Å². The topological polar surface area (TPSA) is 12.0 Å². The Kier molecular flexibility index (Phi) is 3.44. The molecule has 0 aromatic carbocycles. The molecule has 1 saturated carbocycles. The van der Waals surface area contributed by atoms with Crippen molar-refractivity contribution in [2.75, 3.05) is 0 Å². The quantitative estimate of drug-likeness (QED) is 0.698. The van der Waals surface area contributed by atoms with Gasteiger partial charge >= 0.3 is 0 Å². The lowest BCUT2D eigenvalue weighted by Gasteiger charge is -2.18. The third-order valence-electron chi connectivity index (χ3n) is 2.57. The third kappa shape index (κ3) is 2.70. The first kappa shape index (κ1) is 9.90. The minimum atomic E-state index is -2.24. The van der Waals surface area contributed by atoms with Gasteiger partial charge in [-0.15, -0.1) is 0 Å². The standard InChI is InChI=1S/C9H17F2N/c1-6-3-4-8(5-6)12-7(2)9(10)11/h6-9,12H,3-5H2,1-2H3. The van der Waals surface area contributed by atoms with Gasteiger partial charge in [-0.2, -0.15) is 0 Å². The minimum absolute atomic E-state index is 0.323. The third-order valence-corrected chi connectivity index (χ3v) is 2.57. The summed E-state index contributed by atoms with van der Waals surface area (Å²) in [7, 11) is 0. The Hall–Kier alpha value is -0.180. The molecular formula is C9H17F2N. The van der Waals surface area contributed by atoms with Crippen molar-refractivity contribution in [1.82, 2.24) is 5.32 Å². The van der Waals surface area contributed by atoms with Crippen molar-refractivity contribution in [2.45, 2.75) is 51.6 Å². The highest BCUT2D eigenvalue weighted by Gasteiger charge is 2.24. The fourth-order valence-electron chi connectivity index (χ4n) is 1.80. The molecule has 12 heavy (non-hydrogen) atoms. The summed E-state index contributed by atoms with van der Waals surface area (Å²) in [4.78, 5) is 0. The first-order valence-electron chi connectivity index (χ1n) is 4.63. The first-order chi connectivity index (χ1) is 5.59. The minimum Gasteiger partial charge on any atom is -0.306 e. The van der Waals surface area contributed by atoms with Crippen LogP contribution in [-0.2, 0) is 0 Å². The second-order valence-electron chi connectivity index (χ2n) is 3.90. The molecule has 0 aromatic heterocycles. The molecule has 1 fully saturated rings. The molecule has 1 rings (SSSR count). The van der Waals surface area contributed by atoms with Crippen molar-refractivity contribution in [2.24, 2.45) is 5.92 Å². The highest BCUT2D eigenvalue weighted by atomic mass is 19.3. The van der Waals surface area contributed by atoms with Crippen molar-refractivity contribution < 1.29 is 8.78 Å². The molecule has 3 unspecified atom stereocenters. The van der Waals surface area contributed by atoms with E-state index in [1.807, 2.05) is 0 Å². The van der Waals surface area contributed by atoms with Gasteiger partial charge in [0.15, 0.2) is 0 Å². The summed E-state index contributed by atoms with van der Waals surface area (Å²) in [6, 6.07) is -0.329. The molecule has 0 aromatic rings. The summed E-state index contributed by atoms with van der Waals surface area (Å²) >= 11 is 0. The Morgan fingerprint density at radius 3 is 2.42 bits per heavy atom. The van der Waals surface area contributed by atoms with E-state index in [1.165, 1.54) is 6.42 Å². The lowest BCUT2D eigenvalue weighted by molar-refractivity contribution is 0.0999. The molecule has 1 N–H and O–H groups in total. The van der Waals surface area contributed by atoms with Gasteiger partial charge in [-0.25, -0.2) is 8.78 Å². The highest BCUT2D eigenvalue weighted by Crippen LogP contribution is 2.25. The van der Waals surface area contributed by atoms with Crippen LogP contribution >= 0.6 is 0 Å². The zero-order valence-corrected chi connectivity index (χ0v) is 7.69. The number of alkyl halides is 2. The number of hydrogen-bond acceptors (Lipinski definition) is 1. The number of rotatable bonds is 3. The molecular weight excluding hydrogens is 160 g/mol. The SMILES string of the molecule is CC1CCC(NC(C)C(F)F)C1. The summed E-state index contributed by atoms with van der Waals surface area (Å²) in [5.74, 6) is 0.701. The van der Waals surface area contributed by atoms with E-state index in [9.17, 15) is 8.78 Å². The summed E-state index contributed by atoms with van der Waals surface area (Å²) in [6.45, 7) is 3.72. The Bertz CT molecular complexity index is 138. The largest absolute Gasteiger partial charge is 0.306 e. The predicted octanol–water partition coefficient (Wildman–Crippen LogP) is 2.42. The van der Waals surface area contributed by atoms with Crippen LogP contribution in [0.15, 0.2) is 0 Å². The van der Waals surface area contributed by atoms with E-state index in [-0.39, 0.29) is 0 Å². The molecule has 3 atom stereocenters. The molecule has 72 valence electrons. The van der Waals surface area contributed by atoms with Crippen molar-refractivity contribution in [3.8, 4) is 0 Å². The molecule has 0 bridgehead atoms. The zero-order chi connectivity index (χ0) is 9.14. The Labute approximate surface area is 72.5 Å². The maximum Gasteiger partial charge on any atom is 0.253 e. The summed E-state index contributed by atoms with van der Waals surface area (Å²) in [5.41, 5.74) is 0. The number of halogens is 2. The predicted molar refractivity (Wildman–Crippen MR) is 45.4 cm³/mol. The maximum atomic E-state index is 12.1. The fraction of sp³-hybridized carbons (Fsp3) is 1.00. The summed E-state index contributed by atoms with van der Waals surface area (Å²) < 4.78 is 24.2. The van der Waals surface area contributed by atoms with E-state index < -0.39 is 12.5 Å². The molecule has 0 saturated heterocycles. The normalized spacial score (nSPS) is 32.8. The molecule has 1 aliphatic rings. The fourth-order valence-corrected chi connectivity index (χ4v) is 1.80. The van der Waals surface area contributed by atoms with Crippen molar-refractivity contribution in [3.63, 3.8) is 0 Å². The molecule has 0 radical (unpaired) electrons. The Morgan fingerprint density at radius 2 is 2.00 bits per heavy atom. The van der Waals surface area contributed by atoms with Gasteiger partial charge in [0.1, 0.15) is 0 Å². The monoisotopic (exact) mass is 177 g/mol. The van der Waals surface area contributed by atoms with E-state index in [0.29, 0.717) is 12.0 Å². The van der Waals surface area contributed by atoms with Crippen LogP contribution in [0.25, 0.3) is 0 Å². The van der Waals surface area contributed by atoms with E-state index in [2.05, 4.69) is 12.2 Å². The van der Waals surface area contributed by atoms with E-state index >= 15 is 0 Å². The van der Waals surface area contributed by atoms with Gasteiger partial charge < -0.3 is 5.32 Å². The van der Waals surface area contributed by atoms with Crippen LogP contribution in [0.1, 0.15) is 33.1 Å². The second-order valence-corrected chi connectivity index (χ2v) is 3.90. The molecule has 1 nitrogen and oxygen atoms in total. The van der Waals surface area contributed by atoms with Crippen LogP contribution in [0.4, 0.5) is 8.78 Å². The van der Waals surface area contributed by atoms with Crippen LogP contribution in [-0.4, -0.2) is 18.5 Å². The molecule has 0 amide bonds. The Balaban J connectivity index is 2.23. The molecule has 0 heterocycles. The molecule has 0 aliphatic heterocycles. The van der Waals surface area contributed by atoms with Crippen molar-refractivity contribution in [3.05, 3.63) is 0 Å². The molecule has 3 heteroatoms. The van der Waals surface area contributed by atoms with Crippen LogP contribution in [0, 0.1) is 5.92 Å². The lowest BCUT2D eigenvalue weighted by Crippen LogP contribution is -2.39. The first-order valence-corrected chi connectivity index (χ1v) is 4.63. The Morgan fingerprint density at radius 1 is 1.33 bits per heavy atom. The van der Waals surface area contributed by atoms with Crippen LogP contribution in [0.5, 0.6) is 0 Å². The van der Waals surface area contributed by atoms with Gasteiger partial charge in [0.25, 0.3) is 6.43 Å². The van der Waals surface area contributed by atoms with Gasteiger partial charge in [0.05, 0.1) is 6.04 Å². The van der Waals surface area contributed by atoms with Crippen LogP contribution in [0.2, 0.25) is 0 Å². The van der Waals surface area contributed by atoms with Gasteiger partial charge in [-0.05, 0) is 32.1 Å². The van der Waals surface area contributed by atoms with E-state index in [4.69, 9.17) is 0 Å². The highest BCUT2D eigenvalue weighted by molar-refractivity contribution is 4.80. The van der Waals surface area contributed by atoms with Crippen molar-refractivity contribution >= 4 is 0 Å². The molecule has 0 spiro atoms. The molecule has 1 aliphatic carbocycles. The van der Waals surface area contributed by atoms with Crippen LogP contribution < -0.4 is 5.32 Å². The number of nitrogens with one attached hydrogen (secondary N) is 1. The van der Waals surface area contributed by atoms with E-state index in [1.54, 1.807) is 6.92 Å². The van der Waals surface area contributed by atoms with Gasteiger partial charge in [-0.3, -0.25) is 0 Å². The number of hydrogen-bond donors (Lipinski definition) is 1. The average molecular weight is 177 g/mol. The van der Waals surface area contributed by atoms with E-state index in [0.717, 1.165) is 12.8 Å². The van der Waals surface area contributed by atoms with Crippen molar-refractivity contribution in [1.29, 1.82) is 0 Å². The summed E-state index contributed by atoms with van der Waals surface area (Å²) in [5, 5.41) is 2.96. The maximum absolute atomic E-state index is 12.1. The lowest BCUT2D eigenvalue weighted by atomic mass is 10.1. The van der Waals surface area contributed by atoms with Crippen LogP contribution in [0.3, 0.4) is 0 Å². The summed E-state index contributed by atoms with van der Waals surface area (Å²) in [6.07, 6.45) is 1.05. The van der Waals surface area contributed by atoms with Gasteiger partial charge in [0.2, 0.25) is 0 Å². The van der Waals surface area contributed by atoms with Gasteiger partial charge in [0, 0.05) is 6.04 Å². The second kappa shape index (κ2) is 4.17. The average Bonchev–Trinajstić information content (AvgIpc) is 2.35.